The largest absolute Gasteiger partial charge is 0.350 e. The molecule has 1 aromatic carbocycles. The maximum atomic E-state index is 12.8. The van der Waals surface area contributed by atoms with E-state index in [1.165, 1.54) is 4.90 Å². The number of thiol groups is 1. The van der Waals surface area contributed by atoms with E-state index in [0.717, 1.165) is 11.3 Å². The second-order valence-corrected chi connectivity index (χ2v) is 7.81. The minimum absolute atomic E-state index is 0.0664. The van der Waals surface area contributed by atoms with Crippen LogP contribution < -0.4 is 19.4 Å². The van der Waals surface area contributed by atoms with Crippen LogP contribution in [0.1, 0.15) is 18.9 Å². The zero-order chi connectivity index (χ0) is 22.4. The van der Waals surface area contributed by atoms with Gasteiger partial charge in [0.2, 0.25) is 17.6 Å². The molecule has 1 heterocycles. The summed E-state index contributed by atoms with van der Waals surface area (Å²) in [6, 6.07) is 4.98. The number of halogens is 2. The number of carbonyl (C=O) groups excluding carboxylic acids is 2. The number of amides is 2. The third-order valence-corrected chi connectivity index (χ3v) is 5.12. The van der Waals surface area contributed by atoms with Crippen LogP contribution in [0, 0.1) is 0 Å². The Labute approximate surface area is 190 Å². The average Bonchev–Trinajstić information content (AvgIpc) is 2.71. The SMILES string of the molecule is CCC(C(=O)NCc1ccc(N(C)S)c(N(C)C=O)c1)N(C)c1nnc(Cl)nc1Cl. The van der Waals surface area contributed by atoms with E-state index in [9.17, 15) is 9.59 Å². The molecule has 0 radical (unpaired) electrons. The second-order valence-electron chi connectivity index (χ2n) is 6.51. The Morgan fingerprint density at radius 1 is 1.23 bits per heavy atom. The summed E-state index contributed by atoms with van der Waals surface area (Å²) >= 11 is 16.1. The summed E-state index contributed by atoms with van der Waals surface area (Å²) in [6.07, 6.45) is 1.22. The molecule has 1 unspecified atom stereocenters. The number of nitrogens with zero attached hydrogens (tertiary/aromatic N) is 6. The van der Waals surface area contributed by atoms with Crippen molar-refractivity contribution in [3.8, 4) is 0 Å². The number of nitrogens with one attached hydrogen (secondary N) is 1. The normalized spacial score (nSPS) is 11.6. The molecule has 1 atom stereocenters. The number of benzene rings is 1. The first-order chi connectivity index (χ1) is 14.2. The quantitative estimate of drug-likeness (QED) is 0.428. The third-order valence-electron chi connectivity index (χ3n) is 4.49. The molecule has 0 aliphatic rings. The zero-order valence-corrected chi connectivity index (χ0v) is 19.4. The van der Waals surface area contributed by atoms with Crippen LogP contribution in [0.2, 0.25) is 10.4 Å². The number of likely N-dealkylation sites (N-methyl/N-ethyl adjacent to an activating group) is 1. The first-order valence-electron chi connectivity index (χ1n) is 8.99. The summed E-state index contributed by atoms with van der Waals surface area (Å²) in [6.45, 7) is 2.15. The molecule has 1 aromatic heterocycles. The van der Waals surface area contributed by atoms with Crippen LogP contribution in [0.4, 0.5) is 17.2 Å². The first-order valence-corrected chi connectivity index (χ1v) is 10.1. The number of carbonyl (C=O) groups is 2. The van der Waals surface area contributed by atoms with E-state index < -0.39 is 6.04 Å². The summed E-state index contributed by atoms with van der Waals surface area (Å²) in [5, 5.41) is 10.5. The lowest BCUT2D eigenvalue weighted by Gasteiger charge is -2.27. The molecule has 0 spiro atoms. The van der Waals surface area contributed by atoms with Gasteiger partial charge in [0, 0.05) is 27.7 Å². The van der Waals surface area contributed by atoms with Crippen molar-refractivity contribution in [3.05, 3.63) is 34.2 Å². The van der Waals surface area contributed by atoms with E-state index in [4.69, 9.17) is 23.2 Å². The van der Waals surface area contributed by atoms with Gasteiger partial charge in [-0.3, -0.25) is 9.59 Å². The van der Waals surface area contributed by atoms with E-state index in [1.54, 1.807) is 30.3 Å². The van der Waals surface area contributed by atoms with Crippen molar-refractivity contribution < 1.29 is 9.59 Å². The van der Waals surface area contributed by atoms with Crippen LogP contribution in [-0.4, -0.2) is 54.7 Å². The van der Waals surface area contributed by atoms with Gasteiger partial charge in [-0.05, 0) is 35.7 Å². The van der Waals surface area contributed by atoms with Crippen LogP contribution in [0.5, 0.6) is 0 Å². The van der Waals surface area contributed by atoms with Crippen LogP contribution in [0.25, 0.3) is 0 Å². The fraction of sp³-hybridized carbons (Fsp3) is 0.389. The Hall–Kier alpha value is -2.30. The zero-order valence-electron chi connectivity index (χ0n) is 17.0. The average molecular weight is 472 g/mol. The molecule has 0 saturated carbocycles. The Morgan fingerprint density at radius 3 is 2.50 bits per heavy atom. The summed E-state index contributed by atoms with van der Waals surface area (Å²) in [7, 11) is 5.11. The highest BCUT2D eigenvalue weighted by Crippen LogP contribution is 2.29. The van der Waals surface area contributed by atoms with E-state index >= 15 is 0 Å². The van der Waals surface area contributed by atoms with Gasteiger partial charge in [-0.15, -0.1) is 10.2 Å². The highest BCUT2D eigenvalue weighted by molar-refractivity contribution is 7.81. The number of anilines is 3. The molecule has 1 N–H and O–H groups in total. The van der Waals surface area contributed by atoms with Crippen molar-refractivity contribution in [1.82, 2.24) is 20.5 Å². The lowest BCUT2D eigenvalue weighted by Crippen LogP contribution is -2.45. The first kappa shape index (κ1) is 24.0. The molecule has 12 heteroatoms. The minimum atomic E-state index is -0.542. The molecular weight excluding hydrogens is 449 g/mol. The molecule has 2 amide bonds. The van der Waals surface area contributed by atoms with Crippen LogP contribution in [-0.2, 0) is 16.1 Å². The molecule has 0 bridgehead atoms. The second kappa shape index (κ2) is 10.6. The molecular formula is C18H23Cl2N7O2S. The van der Waals surface area contributed by atoms with Gasteiger partial charge in [-0.2, -0.15) is 0 Å². The molecule has 0 fully saturated rings. The predicted molar refractivity (Wildman–Crippen MR) is 122 cm³/mol. The fourth-order valence-corrected chi connectivity index (χ4v) is 3.47. The standard InChI is InChI=1S/C18H23Cl2N7O2S/c1-5-12(26(3)16-15(19)22-18(20)24-23-16)17(29)21-9-11-6-7-13(27(4)30)14(8-11)25(2)10-28/h6-8,10,12,30H,5,9H2,1-4H3,(H,21,29). The van der Waals surface area contributed by atoms with E-state index in [1.807, 2.05) is 25.1 Å². The van der Waals surface area contributed by atoms with Gasteiger partial charge < -0.3 is 19.4 Å². The van der Waals surface area contributed by atoms with Crippen molar-refractivity contribution >= 4 is 65.5 Å². The summed E-state index contributed by atoms with van der Waals surface area (Å²) in [4.78, 5) is 30.9. The molecule has 162 valence electrons. The van der Waals surface area contributed by atoms with Crippen LogP contribution >= 0.6 is 36.0 Å². The minimum Gasteiger partial charge on any atom is -0.350 e. The Balaban J connectivity index is 2.15. The van der Waals surface area contributed by atoms with E-state index in [2.05, 4.69) is 33.3 Å². The highest BCUT2D eigenvalue weighted by atomic mass is 35.5. The van der Waals surface area contributed by atoms with E-state index in [-0.39, 0.29) is 28.7 Å². The van der Waals surface area contributed by atoms with Gasteiger partial charge in [0.15, 0.2) is 11.0 Å². The number of hydrogen-bond donors (Lipinski definition) is 2. The summed E-state index contributed by atoms with van der Waals surface area (Å²) in [5.74, 6) is 0.0487. The lowest BCUT2D eigenvalue weighted by molar-refractivity contribution is -0.122. The Morgan fingerprint density at radius 2 is 1.93 bits per heavy atom. The van der Waals surface area contributed by atoms with E-state index in [0.29, 0.717) is 18.5 Å². The van der Waals surface area contributed by atoms with Gasteiger partial charge in [0.05, 0.1) is 11.4 Å². The maximum Gasteiger partial charge on any atom is 0.244 e. The lowest BCUT2D eigenvalue weighted by atomic mass is 10.1. The van der Waals surface area contributed by atoms with Gasteiger partial charge in [0.1, 0.15) is 6.04 Å². The van der Waals surface area contributed by atoms with Crippen LogP contribution in [0.3, 0.4) is 0 Å². The predicted octanol–water partition coefficient (Wildman–Crippen LogP) is 2.58. The van der Waals surface area contributed by atoms with Gasteiger partial charge in [-0.1, -0.05) is 37.4 Å². The number of hydrogen-bond acceptors (Lipinski definition) is 8. The van der Waals surface area contributed by atoms with Gasteiger partial charge >= 0.3 is 0 Å². The highest BCUT2D eigenvalue weighted by Gasteiger charge is 2.25. The van der Waals surface area contributed by atoms with Crippen molar-refractivity contribution in [2.24, 2.45) is 0 Å². The van der Waals surface area contributed by atoms with Gasteiger partial charge in [-0.25, -0.2) is 4.98 Å². The summed E-state index contributed by atoms with van der Waals surface area (Å²) < 4.78 is 1.62. The molecule has 0 saturated heterocycles. The molecule has 2 rings (SSSR count). The number of rotatable bonds is 9. The van der Waals surface area contributed by atoms with Gasteiger partial charge in [0.25, 0.3) is 0 Å². The smallest absolute Gasteiger partial charge is 0.244 e. The summed E-state index contributed by atoms with van der Waals surface area (Å²) in [5.41, 5.74) is 2.26. The third kappa shape index (κ3) is 5.65. The van der Waals surface area contributed by atoms with Crippen LogP contribution in [0.15, 0.2) is 18.2 Å². The fourth-order valence-electron chi connectivity index (χ4n) is 2.88. The molecule has 30 heavy (non-hydrogen) atoms. The Bertz CT molecular complexity index is 916. The monoisotopic (exact) mass is 471 g/mol. The Kier molecular flexibility index (Phi) is 8.51. The van der Waals surface area contributed by atoms with Crippen molar-refractivity contribution in [2.75, 3.05) is 35.2 Å². The molecule has 0 aliphatic carbocycles. The number of aromatic nitrogens is 3. The maximum absolute atomic E-state index is 12.8. The molecule has 9 nitrogen and oxygen atoms in total. The topological polar surface area (TPSA) is 94.6 Å². The van der Waals surface area contributed by atoms with Crippen molar-refractivity contribution in [2.45, 2.75) is 25.9 Å². The molecule has 0 aliphatic heterocycles. The van der Waals surface area contributed by atoms with Crippen molar-refractivity contribution in [1.29, 1.82) is 0 Å². The molecule has 2 aromatic rings. The van der Waals surface area contributed by atoms with Crippen molar-refractivity contribution in [3.63, 3.8) is 0 Å².